The number of carbonyl (C=O) groups is 1. The minimum Gasteiger partial charge on any atom is -0.493 e. The van der Waals surface area contributed by atoms with Crippen LogP contribution in [0.2, 0.25) is 0 Å². The van der Waals surface area contributed by atoms with Crippen molar-refractivity contribution < 1.29 is 14.3 Å². The molecule has 0 aliphatic carbocycles. The molecule has 0 fully saturated rings. The lowest BCUT2D eigenvalue weighted by molar-refractivity contribution is -0.134. The summed E-state index contributed by atoms with van der Waals surface area (Å²) in [5.41, 5.74) is 1.90. The van der Waals surface area contributed by atoms with Crippen molar-refractivity contribution in [1.29, 1.82) is 0 Å². The van der Waals surface area contributed by atoms with Gasteiger partial charge in [0.25, 0.3) is 0 Å². The normalized spacial score (nSPS) is 10.5. The van der Waals surface area contributed by atoms with Crippen molar-refractivity contribution in [3.8, 4) is 35.0 Å². The monoisotopic (exact) mass is 434 g/mol. The lowest BCUT2D eigenvalue weighted by Crippen LogP contribution is -2.09. The molecule has 0 saturated carbocycles. The summed E-state index contributed by atoms with van der Waals surface area (Å²) < 4.78 is 11.6. The molecule has 0 aromatic heterocycles. The van der Waals surface area contributed by atoms with Gasteiger partial charge in [-0.15, -0.1) is 12.3 Å². The average Bonchev–Trinajstić information content (AvgIpc) is 2.81. The van der Waals surface area contributed by atoms with Crippen LogP contribution in [0.15, 0.2) is 48.5 Å². The number of benzene rings is 2. The second kappa shape index (κ2) is 16.0. The van der Waals surface area contributed by atoms with E-state index >= 15 is 0 Å². The number of ether oxygens (including phenoxy) is 2. The number of esters is 1. The molecule has 0 aliphatic rings. The minimum absolute atomic E-state index is 0.186. The van der Waals surface area contributed by atoms with E-state index in [4.69, 9.17) is 15.9 Å². The topological polar surface area (TPSA) is 35.5 Å². The van der Waals surface area contributed by atoms with E-state index in [1.165, 1.54) is 44.9 Å². The highest BCUT2D eigenvalue weighted by molar-refractivity contribution is 5.78. The molecule has 32 heavy (non-hydrogen) atoms. The summed E-state index contributed by atoms with van der Waals surface area (Å²) in [6.07, 6.45) is 18.2. The molecule has 0 N–H and O–H groups in total. The molecule has 0 aliphatic heterocycles. The van der Waals surface area contributed by atoms with Crippen LogP contribution in [0.1, 0.15) is 84.0 Å². The maximum absolute atomic E-state index is 12.5. The van der Waals surface area contributed by atoms with Crippen LogP contribution >= 0.6 is 0 Å². The van der Waals surface area contributed by atoms with E-state index in [0.29, 0.717) is 30.9 Å². The van der Waals surface area contributed by atoms with Gasteiger partial charge in [0.05, 0.1) is 6.61 Å². The largest absolute Gasteiger partial charge is 0.493 e. The van der Waals surface area contributed by atoms with Crippen LogP contribution in [0, 0.1) is 12.3 Å². The van der Waals surface area contributed by atoms with Gasteiger partial charge >= 0.3 is 5.97 Å². The molecule has 2 rings (SSSR count). The van der Waals surface area contributed by atoms with Gasteiger partial charge in [-0.2, -0.15) is 0 Å². The van der Waals surface area contributed by atoms with E-state index in [1.807, 2.05) is 48.5 Å². The van der Waals surface area contributed by atoms with Crippen molar-refractivity contribution in [3.05, 3.63) is 48.5 Å². The van der Waals surface area contributed by atoms with Crippen LogP contribution in [0.3, 0.4) is 0 Å². The molecule has 2 aromatic rings. The Labute approximate surface area is 194 Å². The fraction of sp³-hybridized carbons (Fsp3) is 0.483. The van der Waals surface area contributed by atoms with Crippen LogP contribution in [0.4, 0.5) is 0 Å². The van der Waals surface area contributed by atoms with Crippen LogP contribution in [-0.4, -0.2) is 12.6 Å². The van der Waals surface area contributed by atoms with Crippen LogP contribution < -0.4 is 9.47 Å². The lowest BCUT2D eigenvalue weighted by Gasteiger charge is -2.13. The Morgan fingerprint density at radius 2 is 1.56 bits per heavy atom. The third kappa shape index (κ3) is 10.1. The van der Waals surface area contributed by atoms with Crippen LogP contribution in [0.25, 0.3) is 11.1 Å². The fourth-order valence-electron chi connectivity index (χ4n) is 3.65. The van der Waals surface area contributed by atoms with Crippen LogP contribution in [-0.2, 0) is 4.79 Å². The van der Waals surface area contributed by atoms with Crippen molar-refractivity contribution >= 4 is 5.97 Å². The maximum atomic E-state index is 12.5. The molecule has 0 saturated heterocycles. The first kappa shape index (κ1) is 25.5. The second-order valence-electron chi connectivity index (χ2n) is 8.23. The van der Waals surface area contributed by atoms with Gasteiger partial charge in [-0.25, -0.2) is 0 Å². The Hall–Kier alpha value is -2.73. The zero-order valence-corrected chi connectivity index (χ0v) is 19.6. The number of rotatable bonds is 16. The van der Waals surface area contributed by atoms with Gasteiger partial charge in [-0.05, 0) is 30.5 Å². The molecular formula is C29H38O3. The van der Waals surface area contributed by atoms with E-state index in [0.717, 1.165) is 30.4 Å². The van der Waals surface area contributed by atoms with Gasteiger partial charge in [0.2, 0.25) is 0 Å². The number of unbranched alkanes of at least 4 members (excludes halogenated alkanes) is 9. The number of hydrogen-bond donors (Lipinski definition) is 0. The van der Waals surface area contributed by atoms with E-state index in [2.05, 4.69) is 12.8 Å². The first-order chi connectivity index (χ1) is 15.7. The summed E-state index contributed by atoms with van der Waals surface area (Å²) in [4.78, 5) is 12.5. The first-order valence-corrected chi connectivity index (χ1v) is 12.2. The second-order valence-corrected chi connectivity index (χ2v) is 8.23. The number of hydrogen-bond acceptors (Lipinski definition) is 3. The smallest absolute Gasteiger partial charge is 0.311 e. The molecule has 3 heteroatoms. The quantitative estimate of drug-likeness (QED) is 0.116. The highest BCUT2D eigenvalue weighted by atomic mass is 16.5. The summed E-state index contributed by atoms with van der Waals surface area (Å²) in [6.45, 7) is 2.78. The average molecular weight is 435 g/mol. The predicted octanol–water partition coefficient (Wildman–Crippen LogP) is 7.97. The zero-order valence-electron chi connectivity index (χ0n) is 19.6. The zero-order chi connectivity index (χ0) is 22.9. The predicted molar refractivity (Wildman–Crippen MR) is 133 cm³/mol. The van der Waals surface area contributed by atoms with Gasteiger partial charge in [-0.1, -0.05) is 88.6 Å². The number of carbonyl (C=O) groups excluding carboxylic acids is 1. The molecule has 172 valence electrons. The van der Waals surface area contributed by atoms with Crippen molar-refractivity contribution in [2.45, 2.75) is 84.0 Å². The first-order valence-electron chi connectivity index (χ1n) is 12.2. The van der Waals surface area contributed by atoms with Crippen molar-refractivity contribution in [2.24, 2.45) is 0 Å². The summed E-state index contributed by atoms with van der Waals surface area (Å²) in [5.74, 6) is 3.67. The van der Waals surface area contributed by atoms with Crippen LogP contribution in [0.5, 0.6) is 11.5 Å². The van der Waals surface area contributed by atoms with Gasteiger partial charge < -0.3 is 9.47 Å². The van der Waals surface area contributed by atoms with E-state index in [9.17, 15) is 4.79 Å². The molecule has 0 unspecified atom stereocenters. The standard InChI is InChI=1S/C29H38O3/c1-3-5-7-8-9-10-11-12-16-20-29(30)32-28-24-26(31-23-17-6-4-2)21-22-27(28)25-18-14-13-15-19-25/h2,13-15,18-19,21-22,24H,3,5-12,16-17,20,23H2,1H3. The van der Waals surface area contributed by atoms with Crippen molar-refractivity contribution in [3.63, 3.8) is 0 Å². The molecular weight excluding hydrogens is 396 g/mol. The Balaban J connectivity index is 1.87. The highest BCUT2D eigenvalue weighted by Crippen LogP contribution is 2.34. The molecule has 3 nitrogen and oxygen atoms in total. The van der Waals surface area contributed by atoms with Crippen molar-refractivity contribution in [1.82, 2.24) is 0 Å². The molecule has 0 amide bonds. The summed E-state index contributed by atoms with van der Waals surface area (Å²) in [7, 11) is 0. The third-order valence-corrected chi connectivity index (χ3v) is 5.48. The van der Waals surface area contributed by atoms with Gasteiger partial charge in [0, 0.05) is 24.5 Å². The third-order valence-electron chi connectivity index (χ3n) is 5.48. The van der Waals surface area contributed by atoms with Gasteiger partial charge in [0.15, 0.2) is 0 Å². The summed E-state index contributed by atoms with van der Waals surface area (Å²) >= 11 is 0. The molecule has 0 radical (unpaired) electrons. The highest BCUT2D eigenvalue weighted by Gasteiger charge is 2.13. The molecule has 2 aromatic carbocycles. The van der Waals surface area contributed by atoms with E-state index < -0.39 is 0 Å². The Morgan fingerprint density at radius 3 is 2.25 bits per heavy atom. The number of terminal acetylenes is 1. The SMILES string of the molecule is C#CCCCOc1ccc(-c2ccccc2)c(OC(=O)CCCCCCCCCCC)c1. The molecule has 0 bridgehead atoms. The Bertz CT molecular complexity index is 820. The summed E-state index contributed by atoms with van der Waals surface area (Å²) in [5, 5.41) is 0. The molecule has 0 atom stereocenters. The molecule has 0 spiro atoms. The molecule has 0 heterocycles. The Kier molecular flexibility index (Phi) is 12.7. The van der Waals surface area contributed by atoms with Gasteiger partial charge in [0.1, 0.15) is 11.5 Å². The minimum atomic E-state index is -0.186. The van der Waals surface area contributed by atoms with Gasteiger partial charge in [-0.3, -0.25) is 4.79 Å². The maximum Gasteiger partial charge on any atom is 0.311 e. The van der Waals surface area contributed by atoms with E-state index in [-0.39, 0.29) is 5.97 Å². The lowest BCUT2D eigenvalue weighted by atomic mass is 10.0. The fourth-order valence-corrected chi connectivity index (χ4v) is 3.65. The van der Waals surface area contributed by atoms with Crippen molar-refractivity contribution in [2.75, 3.05) is 6.61 Å². The van der Waals surface area contributed by atoms with E-state index in [1.54, 1.807) is 0 Å². The summed E-state index contributed by atoms with van der Waals surface area (Å²) in [6, 6.07) is 15.6. The Morgan fingerprint density at radius 1 is 0.875 bits per heavy atom.